The van der Waals surface area contributed by atoms with Crippen LogP contribution in [-0.2, 0) is 33.4 Å². The van der Waals surface area contributed by atoms with Gasteiger partial charge in [-0.2, -0.15) is 0 Å². The number of halogens is 1. The molecule has 36 heavy (non-hydrogen) atoms. The summed E-state index contributed by atoms with van der Waals surface area (Å²) in [6, 6.07) is 6.69. The minimum Gasteiger partial charge on any atom is -0.466 e. The maximum absolute atomic E-state index is 12.8. The van der Waals surface area contributed by atoms with E-state index in [-0.39, 0.29) is 36.6 Å². The highest BCUT2D eigenvalue weighted by molar-refractivity contribution is 7.96. The van der Waals surface area contributed by atoms with E-state index in [1.165, 1.54) is 18.9 Å². The van der Waals surface area contributed by atoms with Gasteiger partial charge in [0, 0.05) is 44.3 Å². The molecule has 2 unspecified atom stereocenters. The second kappa shape index (κ2) is 15.9. The zero-order valence-corrected chi connectivity index (χ0v) is 22.8. The zero-order valence-electron chi connectivity index (χ0n) is 21.2. The third-order valence-electron chi connectivity index (χ3n) is 6.06. The number of hydrogen-bond donors (Lipinski definition) is 0. The Morgan fingerprint density at radius 2 is 1.81 bits per heavy atom. The Morgan fingerprint density at radius 3 is 2.47 bits per heavy atom. The minimum absolute atomic E-state index is 0.0185. The van der Waals surface area contributed by atoms with E-state index in [4.69, 9.17) is 25.8 Å². The number of rotatable bonds is 17. The summed E-state index contributed by atoms with van der Waals surface area (Å²) in [5.41, 5.74) is 0.716. The Morgan fingerprint density at radius 1 is 1.06 bits per heavy atom. The molecule has 1 saturated heterocycles. The largest absolute Gasteiger partial charge is 0.466 e. The smallest absolute Gasteiger partial charge is 0.306 e. The van der Waals surface area contributed by atoms with Crippen molar-refractivity contribution >= 4 is 47.2 Å². The summed E-state index contributed by atoms with van der Waals surface area (Å²) in [6.07, 6.45) is 4.93. The lowest BCUT2D eigenvalue weighted by atomic mass is 9.93. The van der Waals surface area contributed by atoms with Gasteiger partial charge in [0.1, 0.15) is 11.8 Å². The molecule has 0 radical (unpaired) electrons. The third-order valence-corrected chi connectivity index (χ3v) is 7.20. The number of ether oxygens (including phenoxy) is 3. The van der Waals surface area contributed by atoms with Gasteiger partial charge in [-0.1, -0.05) is 48.2 Å². The van der Waals surface area contributed by atoms with Gasteiger partial charge in [-0.05, 0) is 50.2 Å². The molecule has 0 aromatic heterocycles. The SMILES string of the molecule is COCCCCCC(=O)OCCC(CCC(C)=O)CC(=O)OC1C(=O)N(SC)[C@H]1c1ccccc1Cl. The number of benzene rings is 1. The van der Waals surface area contributed by atoms with Crippen molar-refractivity contribution in [2.24, 2.45) is 5.92 Å². The highest BCUT2D eigenvalue weighted by Crippen LogP contribution is 2.43. The quantitative estimate of drug-likeness (QED) is 0.118. The fraction of sp³-hybridized carbons (Fsp3) is 0.615. The van der Waals surface area contributed by atoms with Crippen LogP contribution in [-0.4, -0.2) is 60.6 Å². The minimum atomic E-state index is -0.950. The van der Waals surface area contributed by atoms with Gasteiger partial charge in [0.25, 0.3) is 5.91 Å². The lowest BCUT2D eigenvalue weighted by Gasteiger charge is -2.44. The number of nitrogens with zero attached hydrogens (tertiary/aromatic N) is 1. The van der Waals surface area contributed by atoms with E-state index in [0.29, 0.717) is 42.9 Å². The molecule has 0 aliphatic carbocycles. The van der Waals surface area contributed by atoms with Gasteiger partial charge in [0.05, 0.1) is 6.61 Å². The molecule has 0 N–H and O–H groups in total. The van der Waals surface area contributed by atoms with Gasteiger partial charge in [-0.3, -0.25) is 18.7 Å². The van der Waals surface area contributed by atoms with E-state index in [9.17, 15) is 19.2 Å². The van der Waals surface area contributed by atoms with Crippen LogP contribution in [0.3, 0.4) is 0 Å². The van der Waals surface area contributed by atoms with Crippen molar-refractivity contribution in [1.82, 2.24) is 4.31 Å². The molecule has 1 amide bonds. The Bertz CT molecular complexity index is 897. The number of carbonyl (C=O) groups excluding carboxylic acids is 4. The van der Waals surface area contributed by atoms with Gasteiger partial charge >= 0.3 is 11.9 Å². The molecule has 0 spiro atoms. The molecule has 1 aromatic carbocycles. The summed E-state index contributed by atoms with van der Waals surface area (Å²) >= 11 is 7.58. The predicted molar refractivity (Wildman–Crippen MR) is 138 cm³/mol. The van der Waals surface area contributed by atoms with Gasteiger partial charge < -0.3 is 19.0 Å². The number of hydrogen-bond acceptors (Lipinski definition) is 8. The maximum Gasteiger partial charge on any atom is 0.306 e. The molecule has 8 nitrogen and oxygen atoms in total. The van der Waals surface area contributed by atoms with Crippen LogP contribution >= 0.6 is 23.5 Å². The molecule has 1 fully saturated rings. The molecule has 10 heteroatoms. The van der Waals surface area contributed by atoms with Crippen LogP contribution in [0.1, 0.15) is 69.9 Å². The van der Waals surface area contributed by atoms with Gasteiger partial charge in [0.15, 0.2) is 0 Å². The molecule has 0 saturated carbocycles. The van der Waals surface area contributed by atoms with Crippen molar-refractivity contribution in [3.05, 3.63) is 34.9 Å². The summed E-state index contributed by atoms with van der Waals surface area (Å²) in [5, 5.41) is 0.495. The van der Waals surface area contributed by atoms with Crippen LogP contribution in [0.15, 0.2) is 24.3 Å². The third kappa shape index (κ3) is 9.41. The zero-order chi connectivity index (χ0) is 26.5. The van der Waals surface area contributed by atoms with Gasteiger partial charge in [0.2, 0.25) is 6.10 Å². The topological polar surface area (TPSA) is 99.2 Å². The molecule has 1 aliphatic rings. The van der Waals surface area contributed by atoms with E-state index in [1.807, 2.05) is 12.1 Å². The van der Waals surface area contributed by atoms with E-state index in [2.05, 4.69) is 0 Å². The molecular formula is C26H36ClNO7S. The van der Waals surface area contributed by atoms with Crippen molar-refractivity contribution in [2.45, 2.75) is 70.4 Å². The standard InChI is InChI=1S/C26H36ClNO7S/c1-18(29)12-13-19(14-16-34-22(30)11-5-4-8-15-33-2)17-23(31)35-25-24(28(36-3)26(25)32)20-9-6-7-10-21(20)27/h6-7,9-10,19,24-25H,4-5,8,11-17H2,1-3H3/t19?,24-,25?/m0/s1. The number of β-lactam (4-membered cyclic amide) rings is 1. The van der Waals surface area contributed by atoms with Crippen LogP contribution in [0.2, 0.25) is 5.02 Å². The second-order valence-electron chi connectivity index (χ2n) is 8.85. The van der Waals surface area contributed by atoms with Crippen LogP contribution in [0.5, 0.6) is 0 Å². The van der Waals surface area contributed by atoms with Crippen molar-refractivity contribution in [2.75, 3.05) is 26.6 Å². The summed E-state index contributed by atoms with van der Waals surface area (Å²) in [7, 11) is 1.65. The number of carbonyl (C=O) groups is 4. The number of Topliss-reactive ketones (excluding diaryl/α,β-unsaturated/α-hetero) is 1. The molecule has 2 rings (SSSR count). The molecule has 1 aliphatic heterocycles. The molecule has 0 bridgehead atoms. The van der Waals surface area contributed by atoms with Gasteiger partial charge in [-0.15, -0.1) is 0 Å². The predicted octanol–water partition coefficient (Wildman–Crippen LogP) is 4.93. The molecule has 1 heterocycles. The number of ketones is 1. The normalized spacial score (nSPS) is 17.9. The average molecular weight is 542 g/mol. The first-order valence-electron chi connectivity index (χ1n) is 12.2. The monoisotopic (exact) mass is 541 g/mol. The maximum atomic E-state index is 12.8. The number of unbranched alkanes of at least 4 members (excludes halogenated alkanes) is 2. The Balaban J connectivity index is 1.89. The van der Waals surface area contributed by atoms with E-state index < -0.39 is 18.1 Å². The highest BCUT2D eigenvalue weighted by atomic mass is 35.5. The number of methoxy groups -OCH3 is 1. The van der Waals surface area contributed by atoms with Crippen molar-refractivity contribution in [3.8, 4) is 0 Å². The average Bonchev–Trinajstić information content (AvgIpc) is 2.84. The highest BCUT2D eigenvalue weighted by Gasteiger charge is 2.51. The van der Waals surface area contributed by atoms with Crippen molar-refractivity contribution in [1.29, 1.82) is 0 Å². The van der Waals surface area contributed by atoms with E-state index in [1.54, 1.807) is 29.8 Å². The lowest BCUT2D eigenvalue weighted by Crippen LogP contribution is -2.57. The Labute approximate surface area is 222 Å². The van der Waals surface area contributed by atoms with Crippen LogP contribution < -0.4 is 0 Å². The van der Waals surface area contributed by atoms with Crippen LogP contribution in [0.4, 0.5) is 0 Å². The first-order chi connectivity index (χ1) is 17.3. The Hall–Kier alpha value is -2.10. The second-order valence-corrected chi connectivity index (χ2v) is 10.0. The molecule has 3 atom stereocenters. The lowest BCUT2D eigenvalue weighted by molar-refractivity contribution is -0.175. The summed E-state index contributed by atoms with van der Waals surface area (Å²) in [5.74, 6) is -1.28. The van der Waals surface area contributed by atoms with Crippen LogP contribution in [0.25, 0.3) is 0 Å². The van der Waals surface area contributed by atoms with Gasteiger partial charge in [-0.25, -0.2) is 0 Å². The Kier molecular flexibility index (Phi) is 13.3. The van der Waals surface area contributed by atoms with Crippen molar-refractivity contribution in [3.63, 3.8) is 0 Å². The fourth-order valence-corrected chi connectivity index (χ4v) is 5.03. The summed E-state index contributed by atoms with van der Waals surface area (Å²) in [4.78, 5) is 48.9. The first-order valence-corrected chi connectivity index (χ1v) is 13.8. The van der Waals surface area contributed by atoms with Crippen LogP contribution in [0, 0.1) is 5.92 Å². The summed E-state index contributed by atoms with van der Waals surface area (Å²) < 4.78 is 17.5. The van der Waals surface area contributed by atoms with E-state index in [0.717, 1.165) is 19.3 Å². The number of esters is 2. The van der Waals surface area contributed by atoms with E-state index >= 15 is 0 Å². The molecular weight excluding hydrogens is 506 g/mol. The summed E-state index contributed by atoms with van der Waals surface area (Å²) in [6.45, 7) is 2.33. The van der Waals surface area contributed by atoms with Crippen molar-refractivity contribution < 1.29 is 33.4 Å². The number of amides is 1. The molecule has 200 valence electrons. The first kappa shape index (κ1) is 30.1. The fourth-order valence-electron chi connectivity index (χ4n) is 4.05. The molecule has 1 aromatic rings.